The van der Waals surface area contributed by atoms with Crippen LogP contribution in [0.15, 0.2) is 4.99 Å². The Kier molecular flexibility index (Phi) is 10.4. The first-order chi connectivity index (χ1) is 11.8. The van der Waals surface area contributed by atoms with Gasteiger partial charge in [-0.15, -0.1) is 0 Å². The molecule has 0 atom stereocenters. The Labute approximate surface area is 153 Å². The van der Waals surface area contributed by atoms with Crippen LogP contribution in [0.1, 0.15) is 40.0 Å². The summed E-state index contributed by atoms with van der Waals surface area (Å²) in [6, 6.07) is 0. The number of nitrogens with zero attached hydrogens (tertiary/aromatic N) is 2. The monoisotopic (exact) mass is 376 g/mol. The molecule has 0 aromatic rings. The number of hydrogen-bond acceptors (Lipinski definition) is 4. The highest BCUT2D eigenvalue weighted by molar-refractivity contribution is 7.88. The average Bonchev–Trinajstić information content (AvgIpc) is 2.55. The zero-order valence-electron chi connectivity index (χ0n) is 16.3. The summed E-state index contributed by atoms with van der Waals surface area (Å²) in [5.74, 6) is 1.91. The molecule has 0 aliphatic carbocycles. The number of guanidine groups is 1. The maximum atomic E-state index is 11.5. The average molecular weight is 377 g/mol. The second kappa shape index (κ2) is 11.7. The standard InChI is InChI=1S/C17H36N4O3S/c1-5-18-17(19-9-13-24-12-8-15(2)3)20-14-16-6-10-21(11-7-16)25(4,22)23/h15-16H,5-14H2,1-4H3,(H2,18,19,20). The SMILES string of the molecule is CCNC(=NCC1CCN(S(C)(=O)=O)CC1)NCCOCCC(C)C. The van der Waals surface area contributed by atoms with Gasteiger partial charge in [-0.25, -0.2) is 12.7 Å². The fourth-order valence-electron chi connectivity index (χ4n) is 2.65. The lowest BCUT2D eigenvalue weighted by atomic mass is 9.98. The molecular formula is C17H36N4O3S. The van der Waals surface area contributed by atoms with Crippen molar-refractivity contribution in [1.82, 2.24) is 14.9 Å². The van der Waals surface area contributed by atoms with E-state index in [1.165, 1.54) is 6.26 Å². The molecule has 0 bridgehead atoms. The lowest BCUT2D eigenvalue weighted by Crippen LogP contribution is -2.40. The summed E-state index contributed by atoms with van der Waals surface area (Å²) in [6.45, 7) is 11.4. The van der Waals surface area contributed by atoms with Gasteiger partial charge in [-0.1, -0.05) is 13.8 Å². The van der Waals surface area contributed by atoms with E-state index in [9.17, 15) is 8.42 Å². The number of nitrogens with one attached hydrogen (secondary N) is 2. The van der Waals surface area contributed by atoms with E-state index in [4.69, 9.17) is 4.74 Å². The van der Waals surface area contributed by atoms with Crippen LogP contribution in [0.2, 0.25) is 0 Å². The summed E-state index contributed by atoms with van der Waals surface area (Å²) in [7, 11) is -3.06. The molecule has 1 aliphatic rings. The van der Waals surface area contributed by atoms with E-state index in [0.29, 0.717) is 31.5 Å². The minimum atomic E-state index is -3.06. The van der Waals surface area contributed by atoms with Gasteiger partial charge in [0.1, 0.15) is 0 Å². The topological polar surface area (TPSA) is 83.0 Å². The Morgan fingerprint density at radius 3 is 2.48 bits per heavy atom. The Bertz CT molecular complexity index is 486. The van der Waals surface area contributed by atoms with Gasteiger partial charge >= 0.3 is 0 Å². The molecule has 1 heterocycles. The summed E-state index contributed by atoms with van der Waals surface area (Å²) >= 11 is 0. The fraction of sp³-hybridized carbons (Fsp3) is 0.941. The largest absolute Gasteiger partial charge is 0.380 e. The number of sulfonamides is 1. The highest BCUT2D eigenvalue weighted by Crippen LogP contribution is 2.19. The molecule has 1 rings (SSSR count). The van der Waals surface area contributed by atoms with Crippen molar-refractivity contribution < 1.29 is 13.2 Å². The smallest absolute Gasteiger partial charge is 0.211 e. The van der Waals surface area contributed by atoms with Crippen molar-refractivity contribution in [1.29, 1.82) is 0 Å². The van der Waals surface area contributed by atoms with Gasteiger partial charge in [0.25, 0.3) is 0 Å². The third-order valence-corrected chi connectivity index (χ3v) is 5.58. The van der Waals surface area contributed by atoms with Crippen molar-refractivity contribution in [3.8, 4) is 0 Å². The van der Waals surface area contributed by atoms with Crippen LogP contribution in [-0.4, -0.2) is 70.9 Å². The van der Waals surface area contributed by atoms with Gasteiger partial charge in [0.2, 0.25) is 10.0 Å². The molecule has 0 saturated carbocycles. The molecule has 0 amide bonds. The number of piperidine rings is 1. The van der Waals surface area contributed by atoms with Crippen molar-refractivity contribution in [2.45, 2.75) is 40.0 Å². The zero-order chi connectivity index (χ0) is 18.7. The lowest BCUT2D eigenvalue weighted by Gasteiger charge is -2.29. The molecule has 2 N–H and O–H groups in total. The van der Waals surface area contributed by atoms with Crippen LogP contribution in [0, 0.1) is 11.8 Å². The van der Waals surface area contributed by atoms with Crippen LogP contribution in [0.25, 0.3) is 0 Å². The summed E-state index contributed by atoms with van der Waals surface area (Å²) in [4.78, 5) is 4.64. The molecular weight excluding hydrogens is 340 g/mol. The number of rotatable bonds is 10. The lowest BCUT2D eigenvalue weighted by molar-refractivity contribution is 0.128. The summed E-state index contributed by atoms with van der Waals surface area (Å²) in [5, 5.41) is 6.53. The van der Waals surface area contributed by atoms with E-state index >= 15 is 0 Å². The van der Waals surface area contributed by atoms with Crippen LogP contribution < -0.4 is 10.6 Å². The van der Waals surface area contributed by atoms with Gasteiger partial charge in [0, 0.05) is 39.3 Å². The van der Waals surface area contributed by atoms with Crippen LogP contribution in [0.5, 0.6) is 0 Å². The molecule has 0 spiro atoms. The first-order valence-electron chi connectivity index (χ1n) is 9.38. The van der Waals surface area contributed by atoms with E-state index in [2.05, 4.69) is 29.5 Å². The molecule has 0 aromatic carbocycles. The quantitative estimate of drug-likeness (QED) is 0.341. The van der Waals surface area contributed by atoms with Crippen LogP contribution >= 0.6 is 0 Å². The van der Waals surface area contributed by atoms with Crippen molar-refractivity contribution in [3.05, 3.63) is 0 Å². The highest BCUT2D eigenvalue weighted by Gasteiger charge is 2.24. The van der Waals surface area contributed by atoms with Crippen LogP contribution in [0.3, 0.4) is 0 Å². The van der Waals surface area contributed by atoms with Crippen molar-refractivity contribution in [2.75, 3.05) is 52.2 Å². The van der Waals surface area contributed by atoms with Gasteiger partial charge in [-0.3, -0.25) is 4.99 Å². The molecule has 1 saturated heterocycles. The second-order valence-electron chi connectivity index (χ2n) is 7.05. The van der Waals surface area contributed by atoms with E-state index in [1.54, 1.807) is 4.31 Å². The van der Waals surface area contributed by atoms with E-state index in [1.807, 2.05) is 6.92 Å². The second-order valence-corrected chi connectivity index (χ2v) is 9.03. The first kappa shape index (κ1) is 22.2. The van der Waals surface area contributed by atoms with Crippen molar-refractivity contribution >= 4 is 16.0 Å². The first-order valence-corrected chi connectivity index (χ1v) is 11.2. The van der Waals surface area contributed by atoms with E-state index < -0.39 is 10.0 Å². The van der Waals surface area contributed by atoms with Crippen LogP contribution in [-0.2, 0) is 14.8 Å². The number of hydrogen-bond donors (Lipinski definition) is 2. The molecule has 1 fully saturated rings. The zero-order valence-corrected chi connectivity index (χ0v) is 17.1. The Hall–Kier alpha value is -0.860. The summed E-state index contributed by atoms with van der Waals surface area (Å²) in [6.07, 6.45) is 4.10. The normalized spacial score (nSPS) is 17.9. The van der Waals surface area contributed by atoms with Gasteiger partial charge in [0.05, 0.1) is 12.9 Å². The summed E-state index contributed by atoms with van der Waals surface area (Å²) in [5.41, 5.74) is 0. The van der Waals surface area contributed by atoms with Gasteiger partial charge in [-0.05, 0) is 38.0 Å². The van der Waals surface area contributed by atoms with Crippen molar-refractivity contribution in [3.63, 3.8) is 0 Å². The van der Waals surface area contributed by atoms with Gasteiger partial charge < -0.3 is 15.4 Å². The van der Waals surface area contributed by atoms with Crippen LogP contribution in [0.4, 0.5) is 0 Å². The predicted molar refractivity (Wildman–Crippen MR) is 103 cm³/mol. The van der Waals surface area contributed by atoms with Gasteiger partial charge in [0.15, 0.2) is 5.96 Å². The molecule has 0 aromatic heterocycles. The highest BCUT2D eigenvalue weighted by atomic mass is 32.2. The van der Waals surface area contributed by atoms with E-state index in [-0.39, 0.29) is 0 Å². The Morgan fingerprint density at radius 2 is 1.92 bits per heavy atom. The number of aliphatic imine (C=N–C) groups is 1. The summed E-state index contributed by atoms with van der Waals surface area (Å²) < 4.78 is 30.2. The molecule has 148 valence electrons. The minimum absolute atomic E-state index is 0.441. The third kappa shape index (κ3) is 10.0. The number of ether oxygens (including phenoxy) is 1. The maximum Gasteiger partial charge on any atom is 0.211 e. The maximum absolute atomic E-state index is 11.5. The van der Waals surface area contributed by atoms with Crippen molar-refractivity contribution in [2.24, 2.45) is 16.8 Å². The Morgan fingerprint density at radius 1 is 1.24 bits per heavy atom. The molecule has 0 radical (unpaired) electrons. The molecule has 1 aliphatic heterocycles. The molecule has 7 nitrogen and oxygen atoms in total. The molecule has 25 heavy (non-hydrogen) atoms. The molecule has 8 heteroatoms. The minimum Gasteiger partial charge on any atom is -0.380 e. The molecule has 0 unspecified atom stereocenters. The van der Waals surface area contributed by atoms with Gasteiger partial charge in [-0.2, -0.15) is 0 Å². The fourth-order valence-corrected chi connectivity index (χ4v) is 3.52. The Balaban J connectivity index is 2.28. The van der Waals surface area contributed by atoms with E-state index in [0.717, 1.165) is 51.5 Å². The predicted octanol–water partition coefficient (Wildman–Crippen LogP) is 1.28. The third-order valence-electron chi connectivity index (χ3n) is 4.27.